The van der Waals surface area contributed by atoms with E-state index in [1.165, 1.54) is 18.2 Å². The maximum atomic E-state index is 11.6. The van der Waals surface area contributed by atoms with E-state index in [0.29, 0.717) is 16.6 Å². The standard InChI is InChI=1S/C12H13ClN2O3/c1-6-4-9(6)14-12(18)15-10-5-7(11(16)17)2-3-8(10)13/h2-3,5-6,9H,4H2,1H3,(H,16,17)(H2,14,15,18). The van der Waals surface area contributed by atoms with Gasteiger partial charge in [0.1, 0.15) is 0 Å². The van der Waals surface area contributed by atoms with Gasteiger partial charge < -0.3 is 15.7 Å². The molecule has 1 aromatic carbocycles. The third-order valence-corrected chi connectivity index (χ3v) is 3.22. The summed E-state index contributed by atoms with van der Waals surface area (Å²) in [6.07, 6.45) is 0.969. The number of carboxylic acids is 1. The maximum Gasteiger partial charge on any atom is 0.335 e. The zero-order chi connectivity index (χ0) is 13.3. The van der Waals surface area contributed by atoms with Crippen LogP contribution in [0.1, 0.15) is 23.7 Å². The van der Waals surface area contributed by atoms with E-state index in [2.05, 4.69) is 10.6 Å². The third kappa shape index (κ3) is 2.92. The first-order valence-corrected chi connectivity index (χ1v) is 5.95. The molecule has 0 spiro atoms. The first-order chi connectivity index (χ1) is 8.47. The SMILES string of the molecule is CC1CC1NC(=O)Nc1cc(C(=O)O)ccc1Cl. The molecule has 5 nitrogen and oxygen atoms in total. The van der Waals surface area contributed by atoms with Crippen molar-refractivity contribution >= 4 is 29.3 Å². The van der Waals surface area contributed by atoms with E-state index < -0.39 is 5.97 Å². The first-order valence-electron chi connectivity index (χ1n) is 5.57. The van der Waals surface area contributed by atoms with Gasteiger partial charge in [-0.05, 0) is 30.5 Å². The van der Waals surface area contributed by atoms with Crippen molar-refractivity contribution in [2.45, 2.75) is 19.4 Å². The van der Waals surface area contributed by atoms with Gasteiger partial charge in [-0.1, -0.05) is 18.5 Å². The molecule has 2 unspecified atom stereocenters. The minimum absolute atomic E-state index is 0.0782. The van der Waals surface area contributed by atoms with Gasteiger partial charge in [-0.2, -0.15) is 0 Å². The molecule has 0 heterocycles. The summed E-state index contributed by atoms with van der Waals surface area (Å²) >= 11 is 5.89. The highest BCUT2D eigenvalue weighted by molar-refractivity contribution is 6.33. The number of rotatable bonds is 3. The third-order valence-electron chi connectivity index (χ3n) is 2.89. The average molecular weight is 269 g/mol. The summed E-state index contributed by atoms with van der Waals surface area (Å²) in [5, 5.41) is 14.5. The monoisotopic (exact) mass is 268 g/mol. The molecule has 1 aliphatic rings. The number of aromatic carboxylic acids is 1. The van der Waals surface area contributed by atoms with E-state index in [4.69, 9.17) is 16.7 Å². The second-order valence-electron chi connectivity index (χ2n) is 4.42. The van der Waals surface area contributed by atoms with Crippen molar-refractivity contribution in [3.8, 4) is 0 Å². The first kappa shape index (κ1) is 12.7. The molecule has 1 fully saturated rings. The second-order valence-corrected chi connectivity index (χ2v) is 4.82. The minimum Gasteiger partial charge on any atom is -0.478 e. The van der Waals surface area contributed by atoms with Crippen molar-refractivity contribution in [1.82, 2.24) is 5.32 Å². The van der Waals surface area contributed by atoms with Crippen molar-refractivity contribution < 1.29 is 14.7 Å². The Hall–Kier alpha value is -1.75. The van der Waals surface area contributed by atoms with Crippen LogP contribution in [-0.4, -0.2) is 23.1 Å². The fourth-order valence-corrected chi connectivity index (χ4v) is 1.77. The van der Waals surface area contributed by atoms with Crippen molar-refractivity contribution in [3.63, 3.8) is 0 Å². The van der Waals surface area contributed by atoms with Gasteiger partial charge in [0, 0.05) is 6.04 Å². The van der Waals surface area contributed by atoms with Crippen LogP contribution in [0.3, 0.4) is 0 Å². The Kier molecular flexibility index (Phi) is 3.43. The van der Waals surface area contributed by atoms with Crippen LogP contribution in [-0.2, 0) is 0 Å². The fraction of sp³-hybridized carbons (Fsp3) is 0.333. The lowest BCUT2D eigenvalue weighted by Crippen LogP contribution is -2.31. The molecule has 2 rings (SSSR count). The number of benzene rings is 1. The summed E-state index contributed by atoms with van der Waals surface area (Å²) in [6.45, 7) is 2.04. The quantitative estimate of drug-likeness (QED) is 0.788. The molecule has 6 heteroatoms. The van der Waals surface area contributed by atoms with Crippen LogP contribution in [0.15, 0.2) is 18.2 Å². The molecule has 2 atom stereocenters. The van der Waals surface area contributed by atoms with Crippen LogP contribution in [0.25, 0.3) is 0 Å². The number of hydrogen-bond donors (Lipinski definition) is 3. The average Bonchev–Trinajstić information content (AvgIpc) is 2.97. The largest absolute Gasteiger partial charge is 0.478 e. The van der Waals surface area contributed by atoms with Gasteiger partial charge >= 0.3 is 12.0 Å². The lowest BCUT2D eigenvalue weighted by Gasteiger charge is -2.09. The molecule has 1 saturated carbocycles. The van der Waals surface area contributed by atoms with Crippen LogP contribution in [0.2, 0.25) is 5.02 Å². The molecular weight excluding hydrogens is 256 g/mol. The van der Waals surface area contributed by atoms with E-state index in [0.717, 1.165) is 6.42 Å². The number of hydrogen-bond acceptors (Lipinski definition) is 2. The molecule has 1 aliphatic carbocycles. The topological polar surface area (TPSA) is 78.4 Å². The van der Waals surface area contributed by atoms with E-state index in [-0.39, 0.29) is 17.6 Å². The highest BCUT2D eigenvalue weighted by atomic mass is 35.5. The Morgan fingerprint density at radius 1 is 1.44 bits per heavy atom. The molecule has 0 radical (unpaired) electrons. The molecule has 96 valence electrons. The molecule has 2 amide bonds. The summed E-state index contributed by atoms with van der Waals surface area (Å²) in [4.78, 5) is 22.4. The van der Waals surface area contributed by atoms with E-state index in [1.54, 1.807) is 0 Å². The van der Waals surface area contributed by atoms with Gasteiger partial charge in [-0.15, -0.1) is 0 Å². The van der Waals surface area contributed by atoms with Gasteiger partial charge in [0.15, 0.2) is 0 Å². The minimum atomic E-state index is -1.06. The molecular formula is C12H13ClN2O3. The van der Waals surface area contributed by atoms with Crippen LogP contribution < -0.4 is 10.6 Å². The Bertz CT molecular complexity index is 504. The lowest BCUT2D eigenvalue weighted by atomic mass is 10.2. The fourth-order valence-electron chi connectivity index (χ4n) is 1.60. The van der Waals surface area contributed by atoms with Gasteiger partial charge in [-0.3, -0.25) is 0 Å². The van der Waals surface area contributed by atoms with Gasteiger partial charge in [0.25, 0.3) is 0 Å². The normalized spacial score (nSPS) is 21.2. The predicted octanol–water partition coefficient (Wildman–Crippen LogP) is 2.57. The molecule has 3 N–H and O–H groups in total. The summed E-state index contributed by atoms with van der Waals surface area (Å²) in [6, 6.07) is 4.00. The number of urea groups is 1. The lowest BCUT2D eigenvalue weighted by molar-refractivity contribution is 0.0697. The van der Waals surface area contributed by atoms with Crippen LogP contribution in [0, 0.1) is 5.92 Å². The zero-order valence-corrected chi connectivity index (χ0v) is 10.5. The summed E-state index contributed by atoms with van der Waals surface area (Å²) < 4.78 is 0. The van der Waals surface area contributed by atoms with Crippen LogP contribution in [0.5, 0.6) is 0 Å². The van der Waals surface area contributed by atoms with Crippen LogP contribution >= 0.6 is 11.6 Å². The highest BCUT2D eigenvalue weighted by Gasteiger charge is 2.33. The van der Waals surface area contributed by atoms with Crippen molar-refractivity contribution in [1.29, 1.82) is 0 Å². The molecule has 0 saturated heterocycles. The number of carbonyl (C=O) groups excluding carboxylic acids is 1. The predicted molar refractivity (Wildman–Crippen MR) is 68.1 cm³/mol. The zero-order valence-electron chi connectivity index (χ0n) is 9.74. The van der Waals surface area contributed by atoms with E-state index >= 15 is 0 Å². The molecule has 18 heavy (non-hydrogen) atoms. The molecule has 0 bridgehead atoms. The smallest absolute Gasteiger partial charge is 0.335 e. The number of carboxylic acid groups (broad SMARTS) is 1. The molecule has 1 aromatic rings. The summed E-state index contributed by atoms with van der Waals surface area (Å²) in [5.41, 5.74) is 0.372. The summed E-state index contributed by atoms with van der Waals surface area (Å²) in [5.74, 6) is -0.567. The van der Waals surface area contributed by atoms with Gasteiger partial charge in [0.2, 0.25) is 0 Å². The van der Waals surface area contributed by atoms with Gasteiger partial charge in [0.05, 0.1) is 16.3 Å². The Morgan fingerprint density at radius 3 is 2.67 bits per heavy atom. The Balaban J connectivity index is 2.05. The number of halogens is 1. The molecule has 0 aliphatic heterocycles. The van der Waals surface area contributed by atoms with Gasteiger partial charge in [-0.25, -0.2) is 9.59 Å². The number of carbonyl (C=O) groups is 2. The van der Waals surface area contributed by atoms with Crippen LogP contribution in [0.4, 0.5) is 10.5 Å². The second kappa shape index (κ2) is 4.86. The number of amides is 2. The van der Waals surface area contributed by atoms with Crippen molar-refractivity contribution in [3.05, 3.63) is 28.8 Å². The number of anilines is 1. The molecule has 0 aromatic heterocycles. The number of nitrogens with one attached hydrogen (secondary N) is 2. The van der Waals surface area contributed by atoms with Crippen molar-refractivity contribution in [2.75, 3.05) is 5.32 Å². The maximum absolute atomic E-state index is 11.6. The Labute approximate surface area is 109 Å². The Morgan fingerprint density at radius 2 is 2.11 bits per heavy atom. The summed E-state index contributed by atoms with van der Waals surface area (Å²) in [7, 11) is 0. The van der Waals surface area contributed by atoms with Crippen molar-refractivity contribution in [2.24, 2.45) is 5.92 Å². The highest BCUT2D eigenvalue weighted by Crippen LogP contribution is 2.29. The van der Waals surface area contributed by atoms with E-state index in [1.807, 2.05) is 6.92 Å². The van der Waals surface area contributed by atoms with E-state index in [9.17, 15) is 9.59 Å².